The number of anilines is 1. The van der Waals surface area contributed by atoms with Gasteiger partial charge in [-0.2, -0.15) is 0 Å². The minimum absolute atomic E-state index is 0.0835. The molecule has 106 valence electrons. The molecule has 3 rings (SSSR count). The van der Waals surface area contributed by atoms with Gasteiger partial charge in [-0.25, -0.2) is 0 Å². The first-order chi connectivity index (χ1) is 10.1. The van der Waals surface area contributed by atoms with Crippen LogP contribution in [0.1, 0.15) is 11.1 Å². The second-order valence-electron chi connectivity index (χ2n) is 4.87. The van der Waals surface area contributed by atoms with Gasteiger partial charge in [-0.1, -0.05) is 24.3 Å². The Morgan fingerprint density at radius 2 is 2.05 bits per heavy atom. The second kappa shape index (κ2) is 5.28. The van der Waals surface area contributed by atoms with Crippen molar-refractivity contribution in [3.8, 4) is 0 Å². The van der Waals surface area contributed by atoms with Crippen LogP contribution in [0.4, 0.5) is 11.4 Å². The zero-order chi connectivity index (χ0) is 14.8. The van der Waals surface area contributed by atoms with Crippen molar-refractivity contribution in [2.75, 3.05) is 5.32 Å². The predicted molar refractivity (Wildman–Crippen MR) is 81.4 cm³/mol. The molecule has 0 spiro atoms. The summed E-state index contributed by atoms with van der Waals surface area (Å²) in [6, 6.07) is 12.6. The van der Waals surface area contributed by atoms with E-state index in [1.165, 1.54) is 6.07 Å². The van der Waals surface area contributed by atoms with Crippen molar-refractivity contribution in [3.05, 3.63) is 70.0 Å². The molecule has 0 atom stereocenters. The average Bonchev–Trinajstić information content (AvgIpc) is 2.89. The molecule has 0 amide bonds. The number of non-ortho nitro benzene ring substituents is 1. The molecule has 0 unspecified atom stereocenters. The summed E-state index contributed by atoms with van der Waals surface area (Å²) >= 11 is 0. The fraction of sp³-hybridized carbons (Fsp3) is 0.125. The molecule has 2 aromatic carbocycles. The molecule has 0 fully saturated rings. The summed E-state index contributed by atoms with van der Waals surface area (Å²) in [7, 11) is 0. The van der Waals surface area contributed by atoms with Crippen LogP contribution < -0.4 is 5.32 Å². The molecule has 0 aliphatic heterocycles. The third kappa shape index (κ3) is 2.58. The minimum atomic E-state index is -0.391. The number of nitrogens with zero attached hydrogens (tertiary/aromatic N) is 1. The predicted octanol–water partition coefficient (Wildman–Crippen LogP) is 4.26. The molecular formula is C16H14N2O3. The van der Waals surface area contributed by atoms with Gasteiger partial charge in [-0.15, -0.1) is 0 Å². The van der Waals surface area contributed by atoms with Crippen LogP contribution in [0.25, 0.3) is 11.0 Å². The van der Waals surface area contributed by atoms with Crippen molar-refractivity contribution in [1.29, 1.82) is 0 Å². The largest absolute Gasteiger partial charge is 0.464 e. The topological polar surface area (TPSA) is 68.3 Å². The molecule has 0 saturated heterocycles. The van der Waals surface area contributed by atoms with Crippen LogP contribution in [0.5, 0.6) is 0 Å². The summed E-state index contributed by atoms with van der Waals surface area (Å²) in [5.41, 5.74) is 3.67. The normalized spacial score (nSPS) is 10.7. The van der Waals surface area contributed by atoms with Crippen LogP contribution in [0, 0.1) is 17.0 Å². The molecule has 1 N–H and O–H groups in total. The zero-order valence-corrected chi connectivity index (χ0v) is 11.5. The van der Waals surface area contributed by atoms with Crippen LogP contribution >= 0.6 is 0 Å². The number of fused-ring (bicyclic) bond motifs is 1. The van der Waals surface area contributed by atoms with Crippen molar-refractivity contribution >= 4 is 22.3 Å². The van der Waals surface area contributed by atoms with E-state index >= 15 is 0 Å². The third-order valence-electron chi connectivity index (χ3n) is 3.46. The van der Waals surface area contributed by atoms with Gasteiger partial charge >= 0.3 is 0 Å². The molecule has 21 heavy (non-hydrogen) atoms. The van der Waals surface area contributed by atoms with E-state index in [-0.39, 0.29) is 5.69 Å². The highest BCUT2D eigenvalue weighted by Gasteiger charge is 2.10. The number of nitrogens with one attached hydrogen (secondary N) is 1. The molecule has 0 aliphatic rings. The van der Waals surface area contributed by atoms with Gasteiger partial charge in [-0.05, 0) is 18.6 Å². The van der Waals surface area contributed by atoms with Gasteiger partial charge in [0.15, 0.2) is 0 Å². The quantitative estimate of drug-likeness (QED) is 0.573. The summed E-state index contributed by atoms with van der Waals surface area (Å²) in [5.74, 6) is 0. The number of nitro benzene ring substituents is 1. The van der Waals surface area contributed by atoms with Crippen LogP contribution in [0.3, 0.4) is 0 Å². The molecule has 0 radical (unpaired) electrons. The molecule has 0 bridgehead atoms. The maximum atomic E-state index is 10.8. The first-order valence-electron chi connectivity index (χ1n) is 6.59. The number of furan rings is 1. The van der Waals surface area contributed by atoms with Gasteiger partial charge < -0.3 is 9.73 Å². The van der Waals surface area contributed by atoms with Crippen molar-refractivity contribution in [2.45, 2.75) is 13.5 Å². The molecule has 0 aliphatic carbocycles. The molecule has 5 nitrogen and oxygen atoms in total. The average molecular weight is 282 g/mol. The lowest BCUT2D eigenvalue weighted by atomic mass is 10.1. The Bertz CT molecular complexity index is 808. The van der Waals surface area contributed by atoms with E-state index in [1.54, 1.807) is 18.4 Å². The number of nitro groups is 1. The standard InChI is InChI=1S/C16H14N2O3/c1-11-6-7-13(18(19)20)8-15(11)17-9-12-10-21-16-5-3-2-4-14(12)16/h2-8,10,17H,9H2,1H3. The summed E-state index contributed by atoms with van der Waals surface area (Å²) in [5, 5.41) is 15.1. The number of aryl methyl sites for hydroxylation is 1. The van der Waals surface area contributed by atoms with Gasteiger partial charge in [0.2, 0.25) is 0 Å². The summed E-state index contributed by atoms with van der Waals surface area (Å²) < 4.78 is 5.48. The number of benzene rings is 2. The fourth-order valence-corrected chi connectivity index (χ4v) is 2.27. The first-order valence-corrected chi connectivity index (χ1v) is 6.59. The van der Waals surface area contributed by atoms with Gasteiger partial charge in [0, 0.05) is 35.3 Å². The van der Waals surface area contributed by atoms with E-state index in [2.05, 4.69) is 5.32 Å². The van der Waals surface area contributed by atoms with Crippen LogP contribution in [-0.4, -0.2) is 4.92 Å². The Morgan fingerprint density at radius 1 is 1.24 bits per heavy atom. The molecule has 1 aromatic heterocycles. The highest BCUT2D eigenvalue weighted by Crippen LogP contribution is 2.25. The number of para-hydroxylation sites is 1. The second-order valence-corrected chi connectivity index (χ2v) is 4.87. The van der Waals surface area contributed by atoms with E-state index in [9.17, 15) is 10.1 Å². The summed E-state index contributed by atoms with van der Waals surface area (Å²) in [6.45, 7) is 2.47. The van der Waals surface area contributed by atoms with Gasteiger partial charge in [0.1, 0.15) is 5.58 Å². The minimum Gasteiger partial charge on any atom is -0.464 e. The van der Waals surface area contributed by atoms with Crippen LogP contribution in [0.2, 0.25) is 0 Å². The lowest BCUT2D eigenvalue weighted by Gasteiger charge is -2.08. The molecule has 5 heteroatoms. The Kier molecular flexibility index (Phi) is 3.31. The SMILES string of the molecule is Cc1ccc([N+](=O)[O-])cc1NCc1coc2ccccc12. The fourth-order valence-electron chi connectivity index (χ4n) is 2.27. The Balaban J connectivity index is 1.84. The molecule has 3 aromatic rings. The number of hydrogen-bond donors (Lipinski definition) is 1. The first kappa shape index (κ1) is 13.2. The highest BCUT2D eigenvalue weighted by atomic mass is 16.6. The molecule has 1 heterocycles. The van der Waals surface area contributed by atoms with E-state index < -0.39 is 4.92 Å². The lowest BCUT2D eigenvalue weighted by Crippen LogP contribution is -2.01. The van der Waals surface area contributed by atoms with Gasteiger partial charge in [0.05, 0.1) is 11.2 Å². The lowest BCUT2D eigenvalue weighted by molar-refractivity contribution is -0.384. The van der Waals surface area contributed by atoms with E-state index in [0.29, 0.717) is 6.54 Å². The Labute approximate surface area is 121 Å². The Morgan fingerprint density at radius 3 is 2.86 bits per heavy atom. The van der Waals surface area contributed by atoms with Crippen molar-refractivity contribution in [2.24, 2.45) is 0 Å². The summed E-state index contributed by atoms with van der Waals surface area (Å²) in [6.07, 6.45) is 1.71. The Hall–Kier alpha value is -2.82. The summed E-state index contributed by atoms with van der Waals surface area (Å²) in [4.78, 5) is 10.4. The molecular weight excluding hydrogens is 268 g/mol. The van der Waals surface area contributed by atoms with Crippen molar-refractivity contribution < 1.29 is 9.34 Å². The van der Waals surface area contributed by atoms with E-state index in [0.717, 1.165) is 27.8 Å². The van der Waals surface area contributed by atoms with E-state index in [4.69, 9.17) is 4.42 Å². The number of hydrogen-bond acceptors (Lipinski definition) is 4. The van der Waals surface area contributed by atoms with Crippen molar-refractivity contribution in [1.82, 2.24) is 0 Å². The zero-order valence-electron chi connectivity index (χ0n) is 11.5. The maximum absolute atomic E-state index is 10.8. The molecule has 0 saturated carbocycles. The van der Waals surface area contributed by atoms with E-state index in [1.807, 2.05) is 31.2 Å². The van der Waals surface area contributed by atoms with Gasteiger partial charge in [-0.3, -0.25) is 10.1 Å². The highest BCUT2D eigenvalue weighted by molar-refractivity contribution is 5.81. The van der Waals surface area contributed by atoms with Gasteiger partial charge in [0.25, 0.3) is 5.69 Å². The van der Waals surface area contributed by atoms with Crippen LogP contribution in [-0.2, 0) is 6.54 Å². The number of rotatable bonds is 4. The van der Waals surface area contributed by atoms with Crippen molar-refractivity contribution in [3.63, 3.8) is 0 Å². The third-order valence-corrected chi connectivity index (χ3v) is 3.46. The smallest absolute Gasteiger partial charge is 0.271 e. The van der Waals surface area contributed by atoms with Crippen LogP contribution in [0.15, 0.2) is 53.1 Å². The maximum Gasteiger partial charge on any atom is 0.271 e. The monoisotopic (exact) mass is 282 g/mol.